The number of fused-ring (bicyclic) bond motifs is 1. The van der Waals surface area contributed by atoms with Crippen molar-refractivity contribution in [3.8, 4) is 0 Å². The van der Waals surface area contributed by atoms with Crippen LogP contribution < -0.4 is 10.6 Å². The number of imidazole rings is 1. The van der Waals surface area contributed by atoms with Crippen LogP contribution in [0.2, 0.25) is 5.02 Å². The fourth-order valence-corrected chi connectivity index (χ4v) is 3.80. The molecule has 0 aliphatic carbocycles. The van der Waals surface area contributed by atoms with Crippen molar-refractivity contribution in [3.05, 3.63) is 64.6 Å². The van der Waals surface area contributed by atoms with Gasteiger partial charge in [-0.3, -0.25) is 9.20 Å². The summed E-state index contributed by atoms with van der Waals surface area (Å²) < 4.78 is 1.89. The van der Waals surface area contributed by atoms with Crippen molar-refractivity contribution >= 4 is 28.8 Å². The number of rotatable bonds is 3. The monoisotopic (exact) mass is 368 g/mol. The minimum atomic E-state index is -0.217. The Morgan fingerprint density at radius 3 is 2.85 bits per heavy atom. The molecule has 0 spiro atoms. The lowest BCUT2D eigenvalue weighted by Crippen LogP contribution is -2.27. The molecule has 0 unspecified atom stereocenters. The van der Waals surface area contributed by atoms with Gasteiger partial charge in [-0.1, -0.05) is 23.7 Å². The van der Waals surface area contributed by atoms with E-state index in [1.807, 2.05) is 16.5 Å². The van der Waals surface area contributed by atoms with E-state index in [1.54, 1.807) is 18.3 Å². The van der Waals surface area contributed by atoms with Gasteiger partial charge in [0, 0.05) is 6.20 Å². The molecule has 134 valence electrons. The second-order valence-electron chi connectivity index (χ2n) is 6.74. The van der Waals surface area contributed by atoms with Gasteiger partial charge in [0.25, 0.3) is 5.91 Å². The quantitative estimate of drug-likeness (QED) is 0.734. The van der Waals surface area contributed by atoms with E-state index in [2.05, 4.69) is 34.8 Å². The number of nitrogens with zero attached hydrogens (tertiary/aromatic N) is 2. The van der Waals surface area contributed by atoms with Crippen molar-refractivity contribution in [2.75, 3.05) is 18.4 Å². The minimum absolute atomic E-state index is 0.217. The number of carbonyl (C=O) groups is 1. The first-order valence-electron chi connectivity index (χ1n) is 8.87. The first-order chi connectivity index (χ1) is 12.6. The van der Waals surface area contributed by atoms with Crippen LogP contribution in [0.25, 0.3) is 5.65 Å². The van der Waals surface area contributed by atoms with Crippen molar-refractivity contribution in [1.82, 2.24) is 14.7 Å². The number of hydrogen-bond acceptors (Lipinski definition) is 3. The molecule has 1 amide bonds. The van der Waals surface area contributed by atoms with Gasteiger partial charge in [-0.25, -0.2) is 4.98 Å². The zero-order chi connectivity index (χ0) is 18.1. The third kappa shape index (κ3) is 3.20. The molecular formula is C20H21ClN4O. The SMILES string of the molecule is Cc1cc2ncc(C(=O)Nc3ccccc3Cl)n2cc1C1CCNCC1. The number of nitrogens with one attached hydrogen (secondary N) is 2. The summed E-state index contributed by atoms with van der Waals surface area (Å²) in [4.78, 5) is 17.2. The zero-order valence-corrected chi connectivity index (χ0v) is 15.4. The molecule has 3 heterocycles. The van der Waals surface area contributed by atoms with Crippen LogP contribution in [0.15, 0.2) is 42.7 Å². The van der Waals surface area contributed by atoms with Crippen molar-refractivity contribution in [2.24, 2.45) is 0 Å². The third-order valence-corrected chi connectivity index (χ3v) is 5.36. The van der Waals surface area contributed by atoms with Crippen molar-refractivity contribution < 1.29 is 4.79 Å². The topological polar surface area (TPSA) is 58.4 Å². The lowest BCUT2D eigenvalue weighted by molar-refractivity contribution is 0.102. The fourth-order valence-electron chi connectivity index (χ4n) is 3.61. The minimum Gasteiger partial charge on any atom is -0.319 e. The number of para-hydroxylation sites is 1. The molecular weight excluding hydrogens is 348 g/mol. The molecule has 1 aromatic carbocycles. The Morgan fingerprint density at radius 2 is 2.08 bits per heavy atom. The predicted molar refractivity (Wildman–Crippen MR) is 104 cm³/mol. The summed E-state index contributed by atoms with van der Waals surface area (Å²) in [5.41, 5.74) is 4.41. The van der Waals surface area contributed by atoms with E-state index in [0.29, 0.717) is 22.3 Å². The highest BCUT2D eigenvalue weighted by Crippen LogP contribution is 2.29. The van der Waals surface area contributed by atoms with Gasteiger partial charge in [-0.2, -0.15) is 0 Å². The van der Waals surface area contributed by atoms with E-state index in [4.69, 9.17) is 11.6 Å². The third-order valence-electron chi connectivity index (χ3n) is 5.03. The summed E-state index contributed by atoms with van der Waals surface area (Å²) in [7, 11) is 0. The highest BCUT2D eigenvalue weighted by Gasteiger charge is 2.20. The number of halogens is 1. The molecule has 1 aliphatic heterocycles. The maximum Gasteiger partial charge on any atom is 0.274 e. The van der Waals surface area contributed by atoms with Crippen LogP contribution in [0, 0.1) is 6.92 Å². The molecule has 26 heavy (non-hydrogen) atoms. The van der Waals surface area contributed by atoms with Gasteiger partial charge in [-0.05, 0) is 68.1 Å². The Kier molecular flexibility index (Phi) is 4.66. The van der Waals surface area contributed by atoms with Gasteiger partial charge < -0.3 is 10.6 Å². The fraction of sp³-hybridized carbons (Fsp3) is 0.300. The average Bonchev–Trinajstić information content (AvgIpc) is 3.06. The van der Waals surface area contributed by atoms with Gasteiger partial charge in [0.1, 0.15) is 11.3 Å². The molecule has 5 nitrogen and oxygen atoms in total. The number of anilines is 1. The van der Waals surface area contributed by atoms with E-state index < -0.39 is 0 Å². The molecule has 1 saturated heterocycles. The number of amides is 1. The summed E-state index contributed by atoms with van der Waals surface area (Å²) in [5.74, 6) is 0.299. The second kappa shape index (κ2) is 7.09. The number of aryl methyl sites for hydroxylation is 1. The molecule has 0 bridgehead atoms. The molecule has 0 saturated carbocycles. The second-order valence-corrected chi connectivity index (χ2v) is 7.15. The summed E-state index contributed by atoms with van der Waals surface area (Å²) >= 11 is 6.15. The molecule has 0 radical (unpaired) electrons. The Balaban J connectivity index is 1.69. The number of hydrogen-bond donors (Lipinski definition) is 2. The largest absolute Gasteiger partial charge is 0.319 e. The van der Waals surface area contributed by atoms with Crippen molar-refractivity contribution in [1.29, 1.82) is 0 Å². The molecule has 0 atom stereocenters. The van der Waals surface area contributed by atoms with Crippen LogP contribution in [0.1, 0.15) is 40.4 Å². The van der Waals surface area contributed by atoms with Gasteiger partial charge in [0.15, 0.2) is 0 Å². The zero-order valence-electron chi connectivity index (χ0n) is 14.6. The maximum absolute atomic E-state index is 12.8. The molecule has 3 aromatic rings. The summed E-state index contributed by atoms with van der Waals surface area (Å²) in [6.07, 6.45) is 5.92. The summed E-state index contributed by atoms with van der Waals surface area (Å²) in [5, 5.41) is 6.79. The molecule has 1 aliphatic rings. The van der Waals surface area contributed by atoms with Crippen LogP contribution in [0.3, 0.4) is 0 Å². The van der Waals surface area contributed by atoms with Crippen LogP contribution in [-0.2, 0) is 0 Å². The molecule has 6 heteroatoms. The average molecular weight is 369 g/mol. The number of piperidine rings is 1. The Labute approximate surface area is 157 Å². The summed E-state index contributed by atoms with van der Waals surface area (Å²) in [6.45, 7) is 4.19. The van der Waals surface area contributed by atoms with Crippen LogP contribution in [0.5, 0.6) is 0 Å². The highest BCUT2D eigenvalue weighted by molar-refractivity contribution is 6.33. The highest BCUT2D eigenvalue weighted by atomic mass is 35.5. The van der Waals surface area contributed by atoms with E-state index in [-0.39, 0.29) is 5.91 Å². The molecule has 2 aromatic heterocycles. The van der Waals surface area contributed by atoms with Crippen molar-refractivity contribution in [2.45, 2.75) is 25.7 Å². The van der Waals surface area contributed by atoms with Gasteiger partial charge in [0.05, 0.1) is 16.9 Å². The number of carbonyl (C=O) groups excluding carboxylic acids is 1. The maximum atomic E-state index is 12.8. The Hall–Kier alpha value is -2.37. The molecule has 4 rings (SSSR count). The lowest BCUT2D eigenvalue weighted by Gasteiger charge is -2.24. The predicted octanol–water partition coefficient (Wildman–Crippen LogP) is 4.02. The van der Waals surface area contributed by atoms with Gasteiger partial charge in [0.2, 0.25) is 0 Å². The normalized spacial score (nSPS) is 15.3. The smallest absolute Gasteiger partial charge is 0.274 e. The van der Waals surface area contributed by atoms with E-state index in [1.165, 1.54) is 11.1 Å². The lowest BCUT2D eigenvalue weighted by atomic mass is 9.89. The summed E-state index contributed by atoms with van der Waals surface area (Å²) in [6, 6.07) is 9.27. The van der Waals surface area contributed by atoms with E-state index >= 15 is 0 Å². The molecule has 1 fully saturated rings. The van der Waals surface area contributed by atoms with Crippen molar-refractivity contribution in [3.63, 3.8) is 0 Å². The van der Waals surface area contributed by atoms with E-state index in [0.717, 1.165) is 31.6 Å². The number of aromatic nitrogens is 2. The number of benzene rings is 1. The Bertz CT molecular complexity index is 960. The number of pyridine rings is 1. The van der Waals surface area contributed by atoms with Gasteiger partial charge >= 0.3 is 0 Å². The standard InChI is InChI=1S/C20H21ClN4O/c1-13-10-19-23-11-18(20(26)24-17-5-3-2-4-16(17)21)25(19)12-15(13)14-6-8-22-9-7-14/h2-5,10-12,14,22H,6-9H2,1H3,(H,24,26). The van der Waals surface area contributed by atoms with Crippen LogP contribution in [-0.4, -0.2) is 28.4 Å². The molecule has 2 N–H and O–H groups in total. The van der Waals surface area contributed by atoms with E-state index in [9.17, 15) is 4.79 Å². The van der Waals surface area contributed by atoms with Crippen LogP contribution in [0.4, 0.5) is 5.69 Å². The first-order valence-corrected chi connectivity index (χ1v) is 9.25. The van der Waals surface area contributed by atoms with Gasteiger partial charge in [-0.15, -0.1) is 0 Å². The Morgan fingerprint density at radius 1 is 1.31 bits per heavy atom. The first kappa shape index (κ1) is 17.1. The van der Waals surface area contributed by atoms with Crippen LogP contribution >= 0.6 is 11.6 Å².